The van der Waals surface area contributed by atoms with Gasteiger partial charge in [-0.25, -0.2) is 0 Å². The van der Waals surface area contributed by atoms with Crippen molar-refractivity contribution in [2.24, 2.45) is 5.73 Å². The van der Waals surface area contributed by atoms with Gasteiger partial charge in [0.2, 0.25) is 0 Å². The Kier molecular flexibility index (Phi) is 7.60. The number of hydrogen-bond acceptors (Lipinski definition) is 2. The first-order chi connectivity index (χ1) is 25.0. The second-order valence-corrected chi connectivity index (χ2v) is 14.3. The second kappa shape index (κ2) is 12.5. The SMILES string of the molecule is CC1(C)c2cc3ccccc3cc2-c2c(/C(=C/Cc3ccccc3Cn3c4ccccc4c4ccccc43)NC(N)c3ccccc3)cccc21. The molecule has 8 aromatic rings. The molecule has 0 amide bonds. The molecule has 0 fully saturated rings. The van der Waals surface area contributed by atoms with E-state index in [4.69, 9.17) is 5.73 Å². The fourth-order valence-corrected chi connectivity index (χ4v) is 8.32. The first kappa shape index (κ1) is 31.1. The lowest BCUT2D eigenvalue weighted by Crippen LogP contribution is -2.28. The zero-order valence-corrected chi connectivity index (χ0v) is 29.1. The topological polar surface area (TPSA) is 43.0 Å². The van der Waals surface area contributed by atoms with E-state index < -0.39 is 0 Å². The molecule has 9 rings (SSSR count). The highest BCUT2D eigenvalue weighted by atomic mass is 15.0. The maximum atomic E-state index is 6.94. The molecule has 0 bridgehead atoms. The van der Waals surface area contributed by atoms with Crippen LogP contribution < -0.4 is 11.1 Å². The van der Waals surface area contributed by atoms with Crippen molar-refractivity contribution in [1.29, 1.82) is 0 Å². The molecule has 248 valence electrons. The van der Waals surface area contributed by atoms with Gasteiger partial charge in [-0.15, -0.1) is 0 Å². The summed E-state index contributed by atoms with van der Waals surface area (Å²) >= 11 is 0. The smallest absolute Gasteiger partial charge is 0.101 e. The van der Waals surface area contributed by atoms with Crippen molar-refractivity contribution in [1.82, 2.24) is 9.88 Å². The lowest BCUT2D eigenvalue weighted by atomic mass is 9.81. The molecule has 51 heavy (non-hydrogen) atoms. The van der Waals surface area contributed by atoms with E-state index in [0.29, 0.717) is 0 Å². The molecular weight excluding hydrogens is 619 g/mol. The number of nitrogens with one attached hydrogen (secondary N) is 1. The van der Waals surface area contributed by atoms with Gasteiger partial charge >= 0.3 is 0 Å². The van der Waals surface area contributed by atoms with E-state index in [0.717, 1.165) is 24.2 Å². The van der Waals surface area contributed by atoms with Crippen molar-refractivity contribution < 1.29 is 0 Å². The van der Waals surface area contributed by atoms with E-state index in [-0.39, 0.29) is 11.6 Å². The first-order valence-corrected chi connectivity index (χ1v) is 17.9. The van der Waals surface area contributed by atoms with Crippen LogP contribution in [-0.2, 0) is 18.4 Å². The number of nitrogens with two attached hydrogens (primary N) is 1. The van der Waals surface area contributed by atoms with Crippen molar-refractivity contribution in [2.45, 2.75) is 38.4 Å². The first-order valence-electron chi connectivity index (χ1n) is 17.9. The van der Waals surface area contributed by atoms with Gasteiger partial charge in [-0.2, -0.15) is 0 Å². The van der Waals surface area contributed by atoms with Crippen LogP contribution in [0, 0.1) is 0 Å². The molecule has 7 aromatic carbocycles. The third-order valence-corrected chi connectivity index (χ3v) is 11.0. The van der Waals surface area contributed by atoms with Crippen LogP contribution in [0.5, 0.6) is 0 Å². The highest BCUT2D eigenvalue weighted by molar-refractivity contribution is 6.08. The minimum Gasteiger partial charge on any atom is -0.366 e. The third kappa shape index (κ3) is 5.33. The van der Waals surface area contributed by atoms with Crippen LogP contribution in [0.15, 0.2) is 164 Å². The predicted octanol–water partition coefficient (Wildman–Crippen LogP) is 11.1. The average molecular weight is 660 g/mol. The number of hydrogen-bond donors (Lipinski definition) is 2. The van der Waals surface area contributed by atoms with Crippen molar-refractivity contribution >= 4 is 38.3 Å². The second-order valence-electron chi connectivity index (χ2n) is 14.3. The van der Waals surface area contributed by atoms with Crippen LogP contribution in [0.3, 0.4) is 0 Å². The van der Waals surface area contributed by atoms with Crippen LogP contribution >= 0.6 is 0 Å². The van der Waals surface area contributed by atoms with Gasteiger partial charge in [-0.05, 0) is 80.4 Å². The van der Waals surface area contributed by atoms with Gasteiger partial charge in [0.05, 0.1) is 0 Å². The number of benzene rings is 7. The van der Waals surface area contributed by atoms with E-state index in [9.17, 15) is 0 Å². The zero-order valence-electron chi connectivity index (χ0n) is 29.1. The molecule has 0 radical (unpaired) electrons. The molecule has 1 atom stereocenters. The third-order valence-electron chi connectivity index (χ3n) is 11.0. The monoisotopic (exact) mass is 659 g/mol. The highest BCUT2D eigenvalue weighted by Crippen LogP contribution is 2.52. The minimum absolute atomic E-state index is 0.133. The Morgan fingerprint density at radius 1 is 0.647 bits per heavy atom. The largest absolute Gasteiger partial charge is 0.366 e. The van der Waals surface area contributed by atoms with Crippen LogP contribution in [0.25, 0.3) is 49.4 Å². The summed E-state index contributed by atoms with van der Waals surface area (Å²) in [6.07, 6.45) is 2.75. The summed E-state index contributed by atoms with van der Waals surface area (Å²) in [5.74, 6) is 0. The summed E-state index contributed by atoms with van der Waals surface area (Å²) in [6, 6.07) is 56.9. The fraction of sp³-hybridized carbons (Fsp3) is 0.125. The Bertz CT molecular complexity index is 2550. The predicted molar refractivity (Wildman–Crippen MR) is 215 cm³/mol. The highest BCUT2D eigenvalue weighted by Gasteiger charge is 2.37. The molecule has 1 aliphatic carbocycles. The van der Waals surface area contributed by atoms with Crippen molar-refractivity contribution in [3.63, 3.8) is 0 Å². The van der Waals surface area contributed by atoms with Crippen LogP contribution in [0.4, 0.5) is 0 Å². The van der Waals surface area contributed by atoms with Gasteiger partial charge < -0.3 is 15.6 Å². The Morgan fingerprint density at radius 3 is 1.98 bits per heavy atom. The summed E-state index contributed by atoms with van der Waals surface area (Å²) in [7, 11) is 0. The van der Waals surface area contributed by atoms with Gasteiger partial charge in [-0.1, -0.05) is 153 Å². The van der Waals surface area contributed by atoms with Crippen LogP contribution in [0.2, 0.25) is 0 Å². The van der Waals surface area contributed by atoms with E-state index in [1.165, 1.54) is 71.5 Å². The molecule has 0 spiro atoms. The molecule has 0 saturated heterocycles. The number of rotatable bonds is 8. The van der Waals surface area contributed by atoms with Crippen LogP contribution in [0.1, 0.15) is 53.4 Å². The quantitative estimate of drug-likeness (QED) is 0.159. The Morgan fingerprint density at radius 2 is 1.25 bits per heavy atom. The molecule has 0 saturated carbocycles. The number of nitrogens with zero attached hydrogens (tertiary/aromatic N) is 1. The van der Waals surface area contributed by atoms with E-state index in [1.807, 2.05) is 6.07 Å². The standard InChI is InChI=1S/C48H41N3/c1-48(2)41-24-14-23-39(46(41)40-29-34-18-7-8-19-35(34)30-42(40)48)43(50-47(49)33-16-4-3-5-17-33)28-27-32-15-6-9-20-36(32)31-51-44-25-12-10-21-37(44)38-22-11-13-26-45(38)51/h3-26,28-30,47,50H,27,31,49H2,1-2H3/b43-28-. The normalized spacial score (nSPS) is 14.1. The van der Waals surface area contributed by atoms with Gasteiger partial charge in [0.15, 0.2) is 0 Å². The van der Waals surface area contributed by atoms with Gasteiger partial charge in [0.25, 0.3) is 0 Å². The maximum Gasteiger partial charge on any atom is 0.101 e. The Labute approximate surface area is 299 Å². The molecule has 3 nitrogen and oxygen atoms in total. The number of allylic oxidation sites excluding steroid dienone is 1. The fourth-order valence-electron chi connectivity index (χ4n) is 8.32. The van der Waals surface area contributed by atoms with E-state index in [2.05, 4.69) is 181 Å². The zero-order chi connectivity index (χ0) is 34.5. The summed E-state index contributed by atoms with van der Waals surface area (Å²) in [5, 5.41) is 8.91. The molecule has 0 aliphatic heterocycles. The lowest BCUT2D eigenvalue weighted by molar-refractivity contribution is 0.659. The molecule has 1 heterocycles. The lowest BCUT2D eigenvalue weighted by Gasteiger charge is -2.23. The summed E-state index contributed by atoms with van der Waals surface area (Å²) in [6.45, 7) is 5.50. The van der Waals surface area contributed by atoms with E-state index in [1.54, 1.807) is 0 Å². The molecule has 1 aromatic heterocycles. The number of para-hydroxylation sites is 2. The van der Waals surface area contributed by atoms with Crippen molar-refractivity contribution in [3.05, 3.63) is 197 Å². The van der Waals surface area contributed by atoms with Crippen molar-refractivity contribution in [3.8, 4) is 11.1 Å². The number of fused-ring (bicyclic) bond motifs is 7. The molecular formula is C48H41N3. The summed E-state index contributed by atoms with van der Waals surface area (Å²) in [4.78, 5) is 0. The molecule has 1 unspecified atom stereocenters. The number of aromatic nitrogens is 1. The summed E-state index contributed by atoms with van der Waals surface area (Å²) in [5.41, 5.74) is 20.5. The van der Waals surface area contributed by atoms with Gasteiger partial charge in [-0.3, -0.25) is 0 Å². The molecule has 1 aliphatic rings. The minimum atomic E-state index is -0.369. The van der Waals surface area contributed by atoms with Gasteiger partial charge in [0.1, 0.15) is 6.17 Å². The average Bonchev–Trinajstić information content (AvgIpc) is 3.61. The van der Waals surface area contributed by atoms with E-state index >= 15 is 0 Å². The van der Waals surface area contributed by atoms with Gasteiger partial charge in [0, 0.05) is 45.0 Å². The Balaban J connectivity index is 1.16. The maximum absolute atomic E-state index is 6.94. The molecule has 3 heteroatoms. The molecule has 3 N–H and O–H groups in total. The van der Waals surface area contributed by atoms with Crippen molar-refractivity contribution in [2.75, 3.05) is 0 Å². The summed E-state index contributed by atoms with van der Waals surface area (Å²) < 4.78 is 2.46. The van der Waals surface area contributed by atoms with Crippen LogP contribution in [-0.4, -0.2) is 4.57 Å². The Hall–Kier alpha value is -5.90.